The molecule has 1 heterocycles. The van der Waals surface area contributed by atoms with E-state index in [0.717, 1.165) is 11.1 Å². The molecule has 0 spiro atoms. The molecule has 1 amide bonds. The molecule has 7 heteroatoms. The Balaban J connectivity index is 1.71. The predicted molar refractivity (Wildman–Crippen MR) is 87.1 cm³/mol. The number of nitrogens with one attached hydrogen (secondary N) is 1. The second-order valence-corrected chi connectivity index (χ2v) is 7.07. The van der Waals surface area contributed by atoms with Crippen LogP contribution in [0.15, 0.2) is 53.4 Å². The molecule has 0 aromatic heterocycles. The van der Waals surface area contributed by atoms with Crippen molar-refractivity contribution in [2.24, 2.45) is 0 Å². The summed E-state index contributed by atoms with van der Waals surface area (Å²) in [6, 6.07) is 13.0. The topological polar surface area (TPSA) is 81.7 Å². The number of ether oxygens (including phenoxy) is 1. The van der Waals surface area contributed by atoms with E-state index in [1.54, 1.807) is 36.4 Å². The molecule has 0 bridgehead atoms. The van der Waals surface area contributed by atoms with Crippen molar-refractivity contribution >= 4 is 16.0 Å². The fourth-order valence-electron chi connectivity index (χ4n) is 2.32. The fourth-order valence-corrected chi connectivity index (χ4v) is 3.25. The molecule has 2 aromatic rings. The van der Waals surface area contributed by atoms with Gasteiger partial charge in [-0.1, -0.05) is 29.8 Å². The Morgan fingerprint density at radius 1 is 1.08 bits per heavy atom. The zero-order chi connectivity index (χ0) is 17.2. The first-order chi connectivity index (χ1) is 11.4. The van der Waals surface area contributed by atoms with Gasteiger partial charge in [-0.25, -0.2) is 0 Å². The molecular weight excluding hydrogens is 330 g/mol. The highest BCUT2D eigenvalue weighted by atomic mass is 32.2. The van der Waals surface area contributed by atoms with Crippen molar-refractivity contribution in [1.29, 1.82) is 0 Å². The first-order valence-corrected chi connectivity index (χ1v) is 8.84. The Hall–Kier alpha value is -2.38. The highest BCUT2D eigenvalue weighted by molar-refractivity contribution is 7.87. The summed E-state index contributed by atoms with van der Waals surface area (Å²) in [5, 5.41) is 2.72. The first-order valence-electron chi connectivity index (χ1n) is 7.43. The quantitative estimate of drug-likeness (QED) is 0.855. The van der Waals surface area contributed by atoms with Gasteiger partial charge in [0.2, 0.25) is 5.91 Å². The molecule has 0 unspecified atom stereocenters. The molecule has 0 radical (unpaired) electrons. The minimum atomic E-state index is -3.86. The number of carbonyl (C=O) groups excluding carboxylic acids is 1. The monoisotopic (exact) mass is 347 g/mol. The van der Waals surface area contributed by atoms with Gasteiger partial charge >= 0.3 is 10.1 Å². The van der Waals surface area contributed by atoms with Crippen molar-refractivity contribution in [1.82, 2.24) is 5.32 Å². The number of aryl methyl sites for hydroxylation is 1. The smallest absolute Gasteiger partial charge is 0.339 e. The molecule has 1 aliphatic heterocycles. The maximum atomic E-state index is 12.2. The molecule has 1 atom stereocenters. The van der Waals surface area contributed by atoms with Crippen molar-refractivity contribution in [3.8, 4) is 5.75 Å². The average Bonchev–Trinajstić information content (AvgIpc) is 2.56. The highest BCUT2D eigenvalue weighted by Crippen LogP contribution is 2.24. The van der Waals surface area contributed by atoms with Crippen LogP contribution in [0, 0.1) is 6.92 Å². The van der Waals surface area contributed by atoms with Crippen molar-refractivity contribution in [3.63, 3.8) is 0 Å². The zero-order valence-electron chi connectivity index (χ0n) is 13.1. The van der Waals surface area contributed by atoms with Gasteiger partial charge in [-0.15, -0.1) is 0 Å². The molecule has 6 nitrogen and oxygen atoms in total. The van der Waals surface area contributed by atoms with Gasteiger partial charge in [-0.3, -0.25) is 4.79 Å². The van der Waals surface area contributed by atoms with Gasteiger partial charge in [-0.2, -0.15) is 8.42 Å². The van der Waals surface area contributed by atoms with Crippen molar-refractivity contribution in [2.45, 2.75) is 17.9 Å². The summed E-state index contributed by atoms with van der Waals surface area (Å²) in [5.41, 5.74) is 1.81. The van der Waals surface area contributed by atoms with E-state index in [0.29, 0.717) is 6.54 Å². The third kappa shape index (κ3) is 3.74. The van der Waals surface area contributed by atoms with Crippen LogP contribution in [0.5, 0.6) is 5.75 Å². The van der Waals surface area contributed by atoms with E-state index < -0.39 is 10.1 Å². The highest BCUT2D eigenvalue weighted by Gasteiger charge is 2.21. The Labute approximate surface area is 140 Å². The molecule has 1 saturated heterocycles. The molecule has 1 fully saturated rings. The predicted octanol–water partition coefficient (Wildman–Crippen LogP) is 1.95. The van der Waals surface area contributed by atoms with Gasteiger partial charge in [0.1, 0.15) is 23.4 Å². The van der Waals surface area contributed by atoms with Gasteiger partial charge in [-0.05, 0) is 36.8 Å². The lowest BCUT2D eigenvalue weighted by Gasteiger charge is -2.23. The number of carbonyl (C=O) groups is 1. The molecule has 24 heavy (non-hydrogen) atoms. The summed E-state index contributed by atoms with van der Waals surface area (Å²) in [5.74, 6) is 0.0783. The number of hydrogen-bond acceptors (Lipinski definition) is 5. The number of benzene rings is 2. The summed E-state index contributed by atoms with van der Waals surface area (Å²) in [4.78, 5) is 11.2. The number of hydrogen-bond donors (Lipinski definition) is 1. The van der Waals surface area contributed by atoms with Crippen LogP contribution in [-0.2, 0) is 19.6 Å². The SMILES string of the molecule is Cc1ccc(S(=O)(=O)Oc2ccc([C@@H]3CNC(=O)CO3)cc2)cc1. The van der Waals surface area contributed by atoms with E-state index in [-0.39, 0.29) is 29.3 Å². The number of morpholine rings is 1. The third-order valence-corrected chi connectivity index (χ3v) is 4.93. The summed E-state index contributed by atoms with van der Waals surface area (Å²) in [6.45, 7) is 2.29. The van der Waals surface area contributed by atoms with Crippen LogP contribution in [0.2, 0.25) is 0 Å². The summed E-state index contributed by atoms with van der Waals surface area (Å²) < 4.78 is 35.1. The Morgan fingerprint density at radius 3 is 2.33 bits per heavy atom. The van der Waals surface area contributed by atoms with Crippen LogP contribution < -0.4 is 9.50 Å². The van der Waals surface area contributed by atoms with E-state index in [2.05, 4.69) is 5.32 Å². The van der Waals surface area contributed by atoms with E-state index >= 15 is 0 Å². The number of amides is 1. The van der Waals surface area contributed by atoms with E-state index in [1.807, 2.05) is 6.92 Å². The lowest BCUT2D eigenvalue weighted by atomic mass is 10.1. The fraction of sp³-hybridized carbons (Fsp3) is 0.235. The minimum absolute atomic E-state index is 0.0186. The summed E-state index contributed by atoms with van der Waals surface area (Å²) in [7, 11) is -3.86. The summed E-state index contributed by atoms with van der Waals surface area (Å²) >= 11 is 0. The maximum absolute atomic E-state index is 12.2. The van der Waals surface area contributed by atoms with Gasteiger partial charge in [0, 0.05) is 6.54 Å². The van der Waals surface area contributed by atoms with Crippen molar-refractivity contribution in [2.75, 3.05) is 13.2 Å². The molecule has 126 valence electrons. The normalized spacial score (nSPS) is 18.0. The second-order valence-electron chi connectivity index (χ2n) is 5.52. The molecule has 1 aliphatic rings. The Morgan fingerprint density at radius 2 is 1.75 bits per heavy atom. The largest absolute Gasteiger partial charge is 0.379 e. The number of rotatable bonds is 4. The van der Waals surface area contributed by atoms with Crippen LogP contribution in [-0.4, -0.2) is 27.5 Å². The maximum Gasteiger partial charge on any atom is 0.339 e. The standard InChI is InChI=1S/C17H17NO5S/c1-12-2-8-15(9-3-12)24(20,21)23-14-6-4-13(5-7-14)16-10-18-17(19)11-22-16/h2-9,16H,10-11H2,1H3,(H,18,19)/t16-/m0/s1. The van der Waals surface area contributed by atoms with Crippen LogP contribution in [0.1, 0.15) is 17.2 Å². The zero-order valence-corrected chi connectivity index (χ0v) is 13.9. The van der Waals surface area contributed by atoms with E-state index in [4.69, 9.17) is 8.92 Å². The van der Waals surface area contributed by atoms with Gasteiger partial charge < -0.3 is 14.2 Å². The van der Waals surface area contributed by atoms with Crippen LogP contribution in [0.25, 0.3) is 0 Å². The molecule has 2 aromatic carbocycles. The minimum Gasteiger partial charge on any atom is -0.379 e. The molecule has 1 N–H and O–H groups in total. The van der Waals surface area contributed by atoms with Crippen molar-refractivity contribution < 1.29 is 22.1 Å². The van der Waals surface area contributed by atoms with Gasteiger partial charge in [0.25, 0.3) is 0 Å². The lowest BCUT2D eigenvalue weighted by Crippen LogP contribution is -2.38. The summed E-state index contributed by atoms with van der Waals surface area (Å²) in [6.07, 6.45) is -0.245. The van der Waals surface area contributed by atoms with Crippen LogP contribution >= 0.6 is 0 Å². The lowest BCUT2D eigenvalue weighted by molar-refractivity contribution is -0.133. The third-order valence-electron chi connectivity index (χ3n) is 3.67. The Bertz CT molecular complexity index is 818. The van der Waals surface area contributed by atoms with Gasteiger partial charge in [0.15, 0.2) is 0 Å². The second kappa shape index (κ2) is 6.62. The van der Waals surface area contributed by atoms with Crippen LogP contribution in [0.4, 0.5) is 0 Å². The molecule has 3 rings (SSSR count). The average molecular weight is 347 g/mol. The Kier molecular flexibility index (Phi) is 4.55. The molecular formula is C17H17NO5S. The van der Waals surface area contributed by atoms with Crippen LogP contribution in [0.3, 0.4) is 0 Å². The van der Waals surface area contributed by atoms with Crippen molar-refractivity contribution in [3.05, 3.63) is 59.7 Å². The molecule has 0 saturated carbocycles. The molecule has 0 aliphatic carbocycles. The van der Waals surface area contributed by atoms with E-state index in [1.165, 1.54) is 12.1 Å². The first kappa shape index (κ1) is 16.5. The van der Waals surface area contributed by atoms with E-state index in [9.17, 15) is 13.2 Å². The van der Waals surface area contributed by atoms with Gasteiger partial charge in [0.05, 0.1) is 0 Å².